The number of benzene rings is 2. The van der Waals surface area contributed by atoms with Crippen LogP contribution in [0, 0.1) is 0 Å². The number of aliphatic imine (C=N–C) groups is 1. The van der Waals surface area contributed by atoms with Gasteiger partial charge in [-0.15, -0.1) is 0 Å². The number of carbonyl (C=O) groups is 2. The van der Waals surface area contributed by atoms with Crippen LogP contribution in [-0.4, -0.2) is 24.1 Å². The van der Waals surface area contributed by atoms with Crippen molar-refractivity contribution in [3.63, 3.8) is 0 Å². The number of carbonyl (C=O) groups excluding carboxylic acids is 2. The van der Waals surface area contributed by atoms with E-state index in [0.717, 1.165) is 11.3 Å². The van der Waals surface area contributed by atoms with E-state index in [1.165, 1.54) is 18.7 Å². The molecule has 7 heteroatoms. The molecule has 132 valence electrons. The molecule has 2 amide bonds. The van der Waals surface area contributed by atoms with Gasteiger partial charge in [-0.2, -0.15) is 0 Å². The third kappa shape index (κ3) is 4.52. The Labute approximate surface area is 155 Å². The number of rotatable bonds is 4. The van der Waals surface area contributed by atoms with Crippen LogP contribution in [-0.2, 0) is 9.59 Å². The third-order valence-electron chi connectivity index (χ3n) is 3.48. The van der Waals surface area contributed by atoms with E-state index in [4.69, 9.17) is 4.74 Å². The molecule has 6 nitrogen and oxygen atoms in total. The van der Waals surface area contributed by atoms with E-state index in [9.17, 15) is 9.59 Å². The van der Waals surface area contributed by atoms with Crippen molar-refractivity contribution in [3.05, 3.63) is 59.0 Å². The Morgan fingerprint density at radius 3 is 2.46 bits per heavy atom. The topological polar surface area (TPSA) is 79.8 Å². The Balaban J connectivity index is 1.72. The van der Waals surface area contributed by atoms with Gasteiger partial charge in [0.05, 0.1) is 17.7 Å². The molecule has 1 aliphatic heterocycles. The van der Waals surface area contributed by atoms with Gasteiger partial charge in [0.25, 0.3) is 5.91 Å². The Morgan fingerprint density at radius 1 is 1.15 bits per heavy atom. The molecular formula is C19H17N3O3S. The lowest BCUT2D eigenvalue weighted by Gasteiger charge is -2.02. The normalized spacial score (nSPS) is 16.6. The average Bonchev–Trinajstić information content (AvgIpc) is 2.96. The lowest BCUT2D eigenvalue weighted by atomic mass is 10.2. The highest BCUT2D eigenvalue weighted by atomic mass is 32.2. The average molecular weight is 367 g/mol. The van der Waals surface area contributed by atoms with Crippen LogP contribution >= 0.6 is 11.8 Å². The van der Waals surface area contributed by atoms with Crippen molar-refractivity contribution in [1.29, 1.82) is 0 Å². The number of nitrogens with one attached hydrogen (secondary N) is 2. The summed E-state index contributed by atoms with van der Waals surface area (Å²) in [4.78, 5) is 28.2. The lowest BCUT2D eigenvalue weighted by Crippen LogP contribution is -2.19. The molecule has 0 atom stereocenters. The van der Waals surface area contributed by atoms with Crippen molar-refractivity contribution in [1.82, 2.24) is 5.32 Å². The van der Waals surface area contributed by atoms with E-state index >= 15 is 0 Å². The van der Waals surface area contributed by atoms with Crippen molar-refractivity contribution < 1.29 is 14.3 Å². The van der Waals surface area contributed by atoms with Crippen LogP contribution in [0.2, 0.25) is 0 Å². The third-order valence-corrected chi connectivity index (χ3v) is 4.39. The second-order valence-corrected chi connectivity index (χ2v) is 6.51. The zero-order valence-electron chi connectivity index (χ0n) is 14.3. The number of hydrogen-bond acceptors (Lipinski definition) is 5. The van der Waals surface area contributed by atoms with E-state index < -0.39 is 0 Å². The maximum absolute atomic E-state index is 12.1. The predicted octanol–water partition coefficient (Wildman–Crippen LogP) is 3.55. The van der Waals surface area contributed by atoms with Gasteiger partial charge in [0.1, 0.15) is 5.75 Å². The van der Waals surface area contributed by atoms with Gasteiger partial charge in [-0.05, 0) is 59.8 Å². The summed E-state index contributed by atoms with van der Waals surface area (Å²) in [6.07, 6.45) is 1.81. The van der Waals surface area contributed by atoms with E-state index in [1.54, 1.807) is 31.4 Å². The van der Waals surface area contributed by atoms with Crippen LogP contribution < -0.4 is 15.4 Å². The van der Waals surface area contributed by atoms with Gasteiger partial charge in [0, 0.05) is 12.6 Å². The fourth-order valence-corrected chi connectivity index (χ4v) is 3.11. The van der Waals surface area contributed by atoms with E-state index in [0.29, 0.717) is 21.4 Å². The van der Waals surface area contributed by atoms with Crippen LogP contribution in [0.25, 0.3) is 6.08 Å². The molecule has 2 N–H and O–H groups in total. The van der Waals surface area contributed by atoms with Crippen LogP contribution in [0.4, 0.5) is 11.4 Å². The molecule has 1 heterocycles. The zero-order chi connectivity index (χ0) is 18.5. The smallest absolute Gasteiger partial charge is 0.264 e. The van der Waals surface area contributed by atoms with E-state index in [2.05, 4.69) is 15.6 Å². The molecule has 2 aromatic rings. The van der Waals surface area contributed by atoms with Crippen LogP contribution in [0.5, 0.6) is 5.75 Å². The summed E-state index contributed by atoms with van der Waals surface area (Å²) in [7, 11) is 1.61. The summed E-state index contributed by atoms with van der Waals surface area (Å²) in [5.41, 5.74) is 2.29. The Morgan fingerprint density at radius 2 is 1.85 bits per heavy atom. The molecule has 1 fully saturated rings. The first kappa shape index (κ1) is 17.8. The van der Waals surface area contributed by atoms with Gasteiger partial charge in [-0.3, -0.25) is 9.59 Å². The maximum Gasteiger partial charge on any atom is 0.264 e. The molecule has 26 heavy (non-hydrogen) atoms. The number of ether oxygens (including phenoxy) is 1. The van der Waals surface area contributed by atoms with Crippen molar-refractivity contribution in [3.8, 4) is 5.75 Å². The lowest BCUT2D eigenvalue weighted by molar-refractivity contribution is -0.115. The summed E-state index contributed by atoms with van der Waals surface area (Å²) in [6.45, 7) is 1.45. The van der Waals surface area contributed by atoms with E-state index in [1.807, 2.05) is 30.3 Å². The number of hydrogen-bond donors (Lipinski definition) is 2. The fraction of sp³-hybridized carbons (Fsp3) is 0.105. The molecule has 1 saturated heterocycles. The van der Waals surface area contributed by atoms with Crippen molar-refractivity contribution in [2.45, 2.75) is 6.92 Å². The molecule has 0 aliphatic carbocycles. The highest BCUT2D eigenvalue weighted by Gasteiger charge is 2.23. The fourth-order valence-electron chi connectivity index (χ4n) is 2.27. The first-order valence-electron chi connectivity index (χ1n) is 7.85. The summed E-state index contributed by atoms with van der Waals surface area (Å²) in [6, 6.07) is 14.5. The summed E-state index contributed by atoms with van der Waals surface area (Å²) in [5.74, 6) is 0.455. The number of amides is 2. The first-order chi connectivity index (χ1) is 12.5. The van der Waals surface area contributed by atoms with Crippen LogP contribution in [0.3, 0.4) is 0 Å². The molecular weight excluding hydrogens is 350 g/mol. The van der Waals surface area contributed by atoms with Gasteiger partial charge >= 0.3 is 0 Å². The highest BCUT2D eigenvalue weighted by molar-refractivity contribution is 8.18. The number of nitrogens with zero attached hydrogens (tertiary/aromatic N) is 1. The largest absolute Gasteiger partial charge is 0.497 e. The van der Waals surface area contributed by atoms with Crippen molar-refractivity contribution in [2.24, 2.45) is 4.99 Å². The quantitative estimate of drug-likeness (QED) is 0.810. The van der Waals surface area contributed by atoms with Gasteiger partial charge in [-0.25, -0.2) is 4.99 Å². The minimum atomic E-state index is -0.181. The standard InChI is InChI=1S/C19H17N3O3S/c1-12(23)20-14-5-7-15(8-6-14)21-19-22-18(24)17(26-19)11-13-3-9-16(25-2)10-4-13/h3-11H,1-2H3,(H,20,23)(H,21,22,24). The SMILES string of the molecule is COc1ccc(C=C2SC(=Nc3ccc(NC(C)=O)cc3)NC2=O)cc1. The molecule has 0 saturated carbocycles. The van der Waals surface area contributed by atoms with Gasteiger partial charge in [0.2, 0.25) is 5.91 Å². The first-order valence-corrected chi connectivity index (χ1v) is 8.66. The summed E-state index contributed by atoms with van der Waals surface area (Å²) < 4.78 is 5.13. The monoisotopic (exact) mass is 367 g/mol. The van der Waals surface area contributed by atoms with Gasteiger partial charge in [-0.1, -0.05) is 12.1 Å². The predicted molar refractivity (Wildman–Crippen MR) is 105 cm³/mol. The minimum absolute atomic E-state index is 0.129. The Kier molecular flexibility index (Phi) is 5.38. The Hall–Kier alpha value is -3.06. The van der Waals surface area contributed by atoms with Gasteiger partial charge in [0.15, 0.2) is 5.17 Å². The van der Waals surface area contributed by atoms with Crippen molar-refractivity contribution in [2.75, 3.05) is 12.4 Å². The molecule has 0 aromatic heterocycles. The molecule has 2 aromatic carbocycles. The maximum atomic E-state index is 12.1. The number of amidine groups is 1. The molecule has 0 spiro atoms. The second kappa shape index (κ2) is 7.88. The second-order valence-electron chi connectivity index (χ2n) is 5.48. The number of thioether (sulfide) groups is 1. The summed E-state index contributed by atoms with van der Waals surface area (Å²) in [5, 5.41) is 5.96. The van der Waals surface area contributed by atoms with E-state index in [-0.39, 0.29) is 11.8 Å². The zero-order valence-corrected chi connectivity index (χ0v) is 15.1. The van der Waals surface area contributed by atoms with Crippen molar-refractivity contribution >= 4 is 46.2 Å². The minimum Gasteiger partial charge on any atom is -0.497 e. The summed E-state index contributed by atoms with van der Waals surface area (Å²) >= 11 is 1.28. The molecule has 0 bridgehead atoms. The number of anilines is 1. The number of methoxy groups -OCH3 is 1. The Bertz CT molecular complexity index is 887. The molecule has 0 radical (unpaired) electrons. The van der Waals surface area contributed by atoms with Crippen LogP contribution in [0.15, 0.2) is 58.4 Å². The molecule has 3 rings (SSSR count). The van der Waals surface area contributed by atoms with Crippen LogP contribution in [0.1, 0.15) is 12.5 Å². The molecule has 1 aliphatic rings. The highest BCUT2D eigenvalue weighted by Crippen LogP contribution is 2.28. The van der Waals surface area contributed by atoms with Gasteiger partial charge < -0.3 is 15.4 Å². The molecule has 0 unspecified atom stereocenters.